The van der Waals surface area contributed by atoms with Crippen molar-refractivity contribution in [2.45, 2.75) is 25.8 Å². The third kappa shape index (κ3) is 3.68. The van der Waals surface area contributed by atoms with Crippen LogP contribution in [0.3, 0.4) is 0 Å². The number of phenolic OH excluding ortho intramolecular Hbond substituents is 1. The Bertz CT molecular complexity index is 672. The number of nitrogens with one attached hydrogen (secondary N) is 1. The van der Waals surface area contributed by atoms with Gasteiger partial charge in [-0.2, -0.15) is 5.26 Å². The van der Waals surface area contributed by atoms with Gasteiger partial charge in [0.25, 0.3) is 0 Å². The summed E-state index contributed by atoms with van der Waals surface area (Å²) in [6, 6.07) is 15.2. The van der Waals surface area contributed by atoms with E-state index in [2.05, 4.69) is 11.4 Å². The number of hydrogen-bond donors (Lipinski definition) is 2. The first-order valence-electron chi connectivity index (χ1n) is 6.65. The molecule has 0 aromatic heterocycles. The van der Waals surface area contributed by atoms with E-state index in [0.29, 0.717) is 11.6 Å². The average Bonchev–Trinajstić information content (AvgIpc) is 2.49. The Labute approximate surface area is 129 Å². The van der Waals surface area contributed by atoms with Gasteiger partial charge < -0.3 is 10.4 Å². The Hall–Kier alpha value is -2.18. The molecule has 0 unspecified atom stereocenters. The van der Waals surface area contributed by atoms with E-state index in [4.69, 9.17) is 16.9 Å². The van der Waals surface area contributed by atoms with Crippen LogP contribution in [0.2, 0.25) is 5.02 Å². The molecular formula is C17H17ClN2O. The van der Waals surface area contributed by atoms with Gasteiger partial charge in [-0.1, -0.05) is 29.8 Å². The molecule has 0 fully saturated rings. The summed E-state index contributed by atoms with van der Waals surface area (Å²) in [6.07, 6.45) is 0. The van der Waals surface area contributed by atoms with Gasteiger partial charge in [-0.25, -0.2) is 0 Å². The number of phenols is 1. The Kier molecular flexibility index (Phi) is 4.40. The largest absolute Gasteiger partial charge is 0.506 e. The van der Waals surface area contributed by atoms with Crippen LogP contribution in [0.25, 0.3) is 0 Å². The lowest BCUT2D eigenvalue weighted by atomic mass is 9.86. The van der Waals surface area contributed by atoms with E-state index in [9.17, 15) is 5.11 Å². The molecule has 0 heterocycles. The Morgan fingerprint density at radius 2 is 1.86 bits per heavy atom. The van der Waals surface area contributed by atoms with Gasteiger partial charge in [-0.15, -0.1) is 0 Å². The number of halogens is 1. The maximum Gasteiger partial charge on any atom is 0.134 e. The normalized spacial score (nSPS) is 11.0. The zero-order chi connectivity index (χ0) is 15.5. The van der Waals surface area contributed by atoms with Gasteiger partial charge in [-0.3, -0.25) is 0 Å². The predicted molar refractivity (Wildman–Crippen MR) is 85.5 cm³/mol. The third-order valence-electron chi connectivity index (χ3n) is 3.39. The van der Waals surface area contributed by atoms with Crippen LogP contribution in [0.5, 0.6) is 5.75 Å². The van der Waals surface area contributed by atoms with Gasteiger partial charge in [0.1, 0.15) is 5.75 Å². The van der Waals surface area contributed by atoms with E-state index in [1.807, 2.05) is 44.2 Å². The lowest BCUT2D eigenvalue weighted by molar-refractivity contribution is 0.475. The molecule has 3 nitrogen and oxygen atoms in total. The molecule has 4 heteroatoms. The quantitative estimate of drug-likeness (QED) is 0.876. The molecule has 0 atom stereocenters. The van der Waals surface area contributed by atoms with Gasteiger partial charge >= 0.3 is 0 Å². The molecule has 2 aromatic rings. The van der Waals surface area contributed by atoms with E-state index in [1.54, 1.807) is 12.1 Å². The smallest absolute Gasteiger partial charge is 0.134 e. The number of anilines is 1. The first-order chi connectivity index (χ1) is 9.92. The monoisotopic (exact) mass is 300 g/mol. The van der Waals surface area contributed by atoms with Gasteiger partial charge in [0.15, 0.2) is 0 Å². The van der Waals surface area contributed by atoms with Crippen molar-refractivity contribution in [3.63, 3.8) is 0 Å². The van der Waals surface area contributed by atoms with Crippen LogP contribution < -0.4 is 5.32 Å². The molecular weight excluding hydrogens is 284 g/mol. The zero-order valence-corrected chi connectivity index (χ0v) is 12.8. The maximum absolute atomic E-state index is 9.38. The van der Waals surface area contributed by atoms with Crippen LogP contribution in [0.1, 0.15) is 25.0 Å². The summed E-state index contributed by atoms with van der Waals surface area (Å²) >= 11 is 5.87. The molecule has 2 N–H and O–H groups in total. The van der Waals surface area contributed by atoms with Crippen molar-refractivity contribution in [1.29, 1.82) is 5.26 Å². The van der Waals surface area contributed by atoms with Crippen LogP contribution in [0.4, 0.5) is 5.69 Å². The highest BCUT2D eigenvalue weighted by molar-refractivity contribution is 6.32. The van der Waals surface area contributed by atoms with Crippen molar-refractivity contribution in [2.75, 3.05) is 5.32 Å². The summed E-state index contributed by atoms with van der Waals surface area (Å²) < 4.78 is 0. The van der Waals surface area contributed by atoms with Crippen molar-refractivity contribution in [2.24, 2.45) is 0 Å². The molecule has 0 saturated carbocycles. The summed E-state index contributed by atoms with van der Waals surface area (Å²) in [4.78, 5) is 0. The number of rotatable bonds is 4. The van der Waals surface area contributed by atoms with Crippen molar-refractivity contribution in [1.82, 2.24) is 0 Å². The molecule has 0 spiro atoms. The van der Waals surface area contributed by atoms with E-state index >= 15 is 0 Å². The second-order valence-corrected chi connectivity index (χ2v) is 5.86. The second kappa shape index (κ2) is 6.07. The minimum absolute atomic E-state index is 0.0866. The maximum atomic E-state index is 9.38. The fourth-order valence-corrected chi connectivity index (χ4v) is 2.14. The first kappa shape index (κ1) is 15.2. The van der Waals surface area contributed by atoms with E-state index in [0.717, 1.165) is 16.8 Å². The molecule has 2 aromatic carbocycles. The highest BCUT2D eigenvalue weighted by Crippen LogP contribution is 2.25. The molecule has 0 aliphatic rings. The number of benzene rings is 2. The fraction of sp³-hybridized carbons (Fsp3) is 0.235. The van der Waals surface area contributed by atoms with Gasteiger partial charge in [0.05, 0.1) is 16.5 Å². The minimum Gasteiger partial charge on any atom is -0.506 e. The second-order valence-electron chi connectivity index (χ2n) is 5.45. The van der Waals surface area contributed by atoms with Crippen molar-refractivity contribution >= 4 is 17.3 Å². The SMILES string of the molecule is CC(C)(C#N)c1ccc(NCc2ccc(O)c(Cl)c2)cc1. The Balaban J connectivity index is 2.04. The molecule has 0 aliphatic carbocycles. The topological polar surface area (TPSA) is 56.0 Å². The van der Waals surface area contributed by atoms with Gasteiger partial charge in [-0.05, 0) is 49.2 Å². The van der Waals surface area contributed by atoms with Crippen molar-refractivity contribution in [3.8, 4) is 11.8 Å². The summed E-state index contributed by atoms with van der Waals surface area (Å²) in [5, 5.41) is 22.1. The number of hydrogen-bond acceptors (Lipinski definition) is 3. The minimum atomic E-state index is -0.483. The van der Waals surface area contributed by atoms with Crippen LogP contribution >= 0.6 is 11.6 Å². The summed E-state index contributed by atoms with van der Waals surface area (Å²) in [7, 11) is 0. The van der Waals surface area contributed by atoms with Crippen molar-refractivity contribution in [3.05, 3.63) is 58.6 Å². The van der Waals surface area contributed by atoms with Crippen LogP contribution in [0.15, 0.2) is 42.5 Å². The zero-order valence-electron chi connectivity index (χ0n) is 12.0. The molecule has 0 saturated heterocycles. The molecule has 21 heavy (non-hydrogen) atoms. The van der Waals surface area contributed by atoms with Crippen LogP contribution in [0, 0.1) is 11.3 Å². The van der Waals surface area contributed by atoms with Crippen LogP contribution in [-0.4, -0.2) is 5.11 Å². The number of nitrogens with zero attached hydrogens (tertiary/aromatic N) is 1. The van der Waals surface area contributed by atoms with Crippen LogP contribution in [-0.2, 0) is 12.0 Å². The molecule has 0 amide bonds. The molecule has 0 aliphatic heterocycles. The Morgan fingerprint density at radius 1 is 1.19 bits per heavy atom. The third-order valence-corrected chi connectivity index (χ3v) is 3.70. The Morgan fingerprint density at radius 3 is 2.43 bits per heavy atom. The number of aromatic hydroxyl groups is 1. The summed E-state index contributed by atoms with van der Waals surface area (Å²) in [5.74, 6) is 0.0866. The lowest BCUT2D eigenvalue weighted by Gasteiger charge is -2.16. The van der Waals surface area contributed by atoms with Gasteiger partial charge in [0.2, 0.25) is 0 Å². The van der Waals surface area contributed by atoms with Crippen molar-refractivity contribution < 1.29 is 5.11 Å². The summed E-state index contributed by atoms with van der Waals surface area (Å²) in [6.45, 7) is 4.41. The van der Waals surface area contributed by atoms with E-state index in [1.165, 1.54) is 0 Å². The van der Waals surface area contributed by atoms with E-state index in [-0.39, 0.29) is 5.75 Å². The molecule has 2 rings (SSSR count). The predicted octanol–water partition coefficient (Wildman–Crippen LogP) is 4.46. The van der Waals surface area contributed by atoms with E-state index < -0.39 is 5.41 Å². The standard InChI is InChI=1S/C17H17ClN2O/c1-17(2,11-19)13-4-6-14(7-5-13)20-10-12-3-8-16(21)15(18)9-12/h3-9,20-21H,10H2,1-2H3. The highest BCUT2D eigenvalue weighted by Gasteiger charge is 2.18. The highest BCUT2D eigenvalue weighted by atomic mass is 35.5. The molecule has 0 bridgehead atoms. The number of nitriles is 1. The van der Waals surface area contributed by atoms with Gasteiger partial charge in [0, 0.05) is 12.2 Å². The summed E-state index contributed by atoms with van der Waals surface area (Å²) in [5.41, 5.74) is 2.46. The first-order valence-corrected chi connectivity index (χ1v) is 7.03. The molecule has 108 valence electrons. The lowest BCUT2D eigenvalue weighted by Crippen LogP contribution is -2.13. The average molecular weight is 301 g/mol. The molecule has 0 radical (unpaired) electrons. The fourth-order valence-electron chi connectivity index (χ4n) is 1.93.